The fourth-order valence-corrected chi connectivity index (χ4v) is 3.80. The Morgan fingerprint density at radius 3 is 2.59 bits per heavy atom. The van der Waals surface area contributed by atoms with Crippen LogP contribution in [0.25, 0.3) is 11.3 Å². The van der Waals surface area contributed by atoms with E-state index < -0.39 is 5.91 Å². The zero-order chi connectivity index (χ0) is 20.5. The van der Waals surface area contributed by atoms with Crippen molar-refractivity contribution in [3.63, 3.8) is 0 Å². The average molecular weight is 403 g/mol. The first-order valence-corrected chi connectivity index (χ1v) is 9.81. The highest BCUT2D eigenvalue weighted by Crippen LogP contribution is 2.27. The third-order valence-electron chi connectivity index (χ3n) is 4.62. The molecule has 4 rings (SSSR count). The lowest BCUT2D eigenvalue weighted by atomic mass is 10.1. The van der Waals surface area contributed by atoms with Crippen molar-refractivity contribution < 1.29 is 14.4 Å². The molecule has 3 aromatic rings. The number of carbonyl (C=O) groups excluding carboxylic acids is 3. The molecule has 144 valence electrons. The molecule has 2 aromatic carbocycles. The molecule has 0 saturated carbocycles. The molecule has 29 heavy (non-hydrogen) atoms. The van der Waals surface area contributed by atoms with E-state index in [2.05, 4.69) is 16.9 Å². The minimum absolute atomic E-state index is 0.134. The second-order valence-corrected chi connectivity index (χ2v) is 7.49. The molecule has 0 spiro atoms. The number of benzene rings is 2. The van der Waals surface area contributed by atoms with Gasteiger partial charge in [0, 0.05) is 23.1 Å². The number of imide groups is 1. The number of hydrogen-bond donors (Lipinski definition) is 1. The molecule has 0 saturated heterocycles. The number of amides is 3. The summed E-state index contributed by atoms with van der Waals surface area (Å²) in [6.07, 6.45) is 1.49. The monoisotopic (exact) mass is 403 g/mol. The number of aromatic nitrogens is 1. The van der Waals surface area contributed by atoms with Gasteiger partial charge in [-0.05, 0) is 25.1 Å². The molecule has 1 aliphatic heterocycles. The Hall–Kier alpha value is -3.58. The van der Waals surface area contributed by atoms with Crippen LogP contribution < -0.4 is 5.32 Å². The maximum Gasteiger partial charge on any atom is 0.261 e. The van der Waals surface area contributed by atoms with E-state index in [0.717, 1.165) is 21.7 Å². The van der Waals surface area contributed by atoms with Crippen LogP contribution in [-0.4, -0.2) is 34.2 Å². The summed E-state index contributed by atoms with van der Waals surface area (Å²) in [7, 11) is 0. The molecule has 7 heteroatoms. The Bertz CT molecular complexity index is 1150. The summed E-state index contributed by atoms with van der Waals surface area (Å²) >= 11 is 1.32. The van der Waals surface area contributed by atoms with Crippen LogP contribution in [0.3, 0.4) is 0 Å². The molecule has 0 aliphatic carbocycles. The van der Waals surface area contributed by atoms with Crippen LogP contribution in [-0.2, 0) is 0 Å². The number of nitrogens with one attached hydrogen (secondary N) is 1. The first-order valence-electron chi connectivity index (χ1n) is 8.93. The van der Waals surface area contributed by atoms with Crippen LogP contribution >= 0.6 is 11.3 Å². The number of aryl methyl sites for hydroxylation is 1. The second kappa shape index (κ2) is 7.44. The summed E-state index contributed by atoms with van der Waals surface area (Å²) in [5.41, 5.74) is 3.72. The van der Waals surface area contributed by atoms with Crippen molar-refractivity contribution in [1.82, 2.24) is 9.88 Å². The smallest absolute Gasteiger partial charge is 0.261 e. The largest absolute Gasteiger partial charge is 0.298 e. The van der Waals surface area contributed by atoms with Gasteiger partial charge in [0.25, 0.3) is 17.7 Å². The lowest BCUT2D eigenvalue weighted by molar-refractivity contribution is 0.0672. The molecule has 6 nitrogen and oxygen atoms in total. The Balaban J connectivity index is 1.53. The third-order valence-corrected chi connectivity index (χ3v) is 5.37. The highest BCUT2D eigenvalue weighted by Gasteiger charge is 2.35. The maximum absolute atomic E-state index is 12.6. The van der Waals surface area contributed by atoms with Crippen LogP contribution in [0.1, 0.15) is 36.6 Å². The van der Waals surface area contributed by atoms with Crippen LogP contribution in [0.5, 0.6) is 0 Å². The van der Waals surface area contributed by atoms with E-state index in [1.165, 1.54) is 35.6 Å². The fourth-order valence-electron chi connectivity index (χ4n) is 3.08. The van der Waals surface area contributed by atoms with Crippen molar-refractivity contribution in [1.29, 1.82) is 0 Å². The fraction of sp³-hybridized carbons (Fsp3) is 0.0909. The zero-order valence-corrected chi connectivity index (χ0v) is 16.5. The van der Waals surface area contributed by atoms with E-state index in [1.54, 1.807) is 0 Å². The van der Waals surface area contributed by atoms with Gasteiger partial charge in [-0.1, -0.05) is 35.9 Å². The summed E-state index contributed by atoms with van der Waals surface area (Å²) in [6.45, 7) is 5.71. The van der Waals surface area contributed by atoms with Crippen molar-refractivity contribution in [3.05, 3.63) is 82.8 Å². The lowest BCUT2D eigenvalue weighted by Gasteiger charge is -2.09. The maximum atomic E-state index is 12.6. The quantitative estimate of drug-likeness (QED) is 0.513. The average Bonchev–Trinajstić information content (AvgIpc) is 3.27. The lowest BCUT2D eigenvalue weighted by Crippen LogP contribution is -2.29. The van der Waals surface area contributed by atoms with Gasteiger partial charge in [0.1, 0.15) is 0 Å². The highest BCUT2D eigenvalue weighted by atomic mass is 32.1. The van der Waals surface area contributed by atoms with Gasteiger partial charge in [0.05, 0.1) is 16.8 Å². The molecule has 1 aliphatic rings. The SMILES string of the molecule is C=CCN1C(=O)c2ccc(C(=O)Nc3nc(-c4ccc(C)cc4)cs3)cc2C1=O. The third kappa shape index (κ3) is 3.48. The van der Waals surface area contributed by atoms with Crippen LogP contribution in [0.4, 0.5) is 5.13 Å². The van der Waals surface area contributed by atoms with Gasteiger partial charge < -0.3 is 0 Å². The highest BCUT2D eigenvalue weighted by molar-refractivity contribution is 7.14. The number of carbonyl (C=O) groups is 3. The van der Waals surface area contributed by atoms with E-state index in [9.17, 15) is 14.4 Å². The van der Waals surface area contributed by atoms with E-state index in [4.69, 9.17) is 0 Å². The summed E-state index contributed by atoms with van der Waals surface area (Å²) in [4.78, 5) is 42.9. The zero-order valence-electron chi connectivity index (χ0n) is 15.6. The van der Waals surface area contributed by atoms with Gasteiger partial charge in [0.2, 0.25) is 0 Å². The van der Waals surface area contributed by atoms with Crippen LogP contribution in [0.15, 0.2) is 60.5 Å². The summed E-state index contributed by atoms with van der Waals surface area (Å²) in [6, 6.07) is 12.5. The predicted octanol–water partition coefficient (Wildman–Crippen LogP) is 4.15. The Kier molecular flexibility index (Phi) is 4.82. The van der Waals surface area contributed by atoms with Gasteiger partial charge in [-0.15, -0.1) is 17.9 Å². The van der Waals surface area contributed by atoms with Gasteiger partial charge in [-0.3, -0.25) is 24.6 Å². The predicted molar refractivity (Wildman–Crippen MR) is 112 cm³/mol. The Morgan fingerprint density at radius 1 is 1.14 bits per heavy atom. The molecule has 0 atom stereocenters. The molecule has 0 bridgehead atoms. The topological polar surface area (TPSA) is 79.4 Å². The minimum Gasteiger partial charge on any atom is -0.298 e. The first-order chi connectivity index (χ1) is 14.0. The van der Waals surface area contributed by atoms with E-state index >= 15 is 0 Å². The van der Waals surface area contributed by atoms with Crippen molar-refractivity contribution in [2.45, 2.75) is 6.92 Å². The molecule has 3 amide bonds. The van der Waals surface area contributed by atoms with Gasteiger partial charge in [0.15, 0.2) is 5.13 Å². The summed E-state index contributed by atoms with van der Waals surface area (Å²) in [5, 5.41) is 5.09. The normalized spacial score (nSPS) is 12.8. The van der Waals surface area contributed by atoms with Crippen molar-refractivity contribution in [2.75, 3.05) is 11.9 Å². The number of nitrogens with zero attached hydrogens (tertiary/aromatic N) is 2. The molecule has 1 N–H and O–H groups in total. The Labute approximate surface area is 171 Å². The van der Waals surface area contributed by atoms with Crippen LogP contribution in [0, 0.1) is 6.92 Å². The van der Waals surface area contributed by atoms with Crippen molar-refractivity contribution in [2.24, 2.45) is 0 Å². The molecular formula is C22H17N3O3S. The minimum atomic E-state index is -0.421. The van der Waals surface area contributed by atoms with E-state index in [-0.39, 0.29) is 29.5 Å². The molecule has 2 heterocycles. The van der Waals surface area contributed by atoms with Crippen molar-refractivity contribution in [3.8, 4) is 11.3 Å². The van der Waals surface area contributed by atoms with Gasteiger partial charge in [-0.25, -0.2) is 4.98 Å². The number of thiazole rings is 1. The van der Waals surface area contributed by atoms with Gasteiger partial charge >= 0.3 is 0 Å². The second-order valence-electron chi connectivity index (χ2n) is 6.63. The standard InChI is InChI=1S/C22H17N3O3S/c1-3-10-25-20(27)16-9-8-15(11-17(16)21(25)28)19(26)24-22-23-18(12-29-22)14-6-4-13(2)5-7-14/h3-9,11-12H,1,10H2,2H3,(H,23,24,26). The Morgan fingerprint density at radius 2 is 1.86 bits per heavy atom. The van der Waals surface area contributed by atoms with E-state index in [1.807, 2.05) is 36.6 Å². The molecule has 1 aromatic heterocycles. The number of fused-ring (bicyclic) bond motifs is 1. The molecule has 0 radical (unpaired) electrons. The number of rotatable bonds is 5. The molecular weight excluding hydrogens is 386 g/mol. The summed E-state index contributed by atoms with van der Waals surface area (Å²) in [5.74, 6) is -1.19. The van der Waals surface area contributed by atoms with Gasteiger partial charge in [-0.2, -0.15) is 0 Å². The first kappa shape index (κ1) is 18.8. The van der Waals surface area contributed by atoms with Crippen LogP contribution in [0.2, 0.25) is 0 Å². The number of hydrogen-bond acceptors (Lipinski definition) is 5. The van der Waals surface area contributed by atoms with Crippen molar-refractivity contribution >= 4 is 34.2 Å². The van der Waals surface area contributed by atoms with E-state index in [0.29, 0.717) is 10.7 Å². The molecule has 0 fully saturated rings. The number of anilines is 1. The summed E-state index contributed by atoms with van der Waals surface area (Å²) < 4.78 is 0. The molecule has 0 unspecified atom stereocenters.